The molecule has 0 spiro atoms. The van der Waals surface area contributed by atoms with Gasteiger partial charge in [-0.1, -0.05) is 74.0 Å². The Balaban J connectivity index is 2.28. The zero-order valence-electron chi connectivity index (χ0n) is 12.4. The van der Waals surface area contributed by atoms with E-state index in [1.54, 1.807) is 0 Å². The number of hydrogen-bond donors (Lipinski definition) is 1. The van der Waals surface area contributed by atoms with Crippen molar-refractivity contribution in [2.24, 2.45) is 0 Å². The Morgan fingerprint density at radius 2 is 1.57 bits per heavy atom. The summed E-state index contributed by atoms with van der Waals surface area (Å²) in [6.45, 7) is 2.06. The Hall–Kier alpha value is -2.22. The second-order valence-electron chi connectivity index (χ2n) is 5.25. The van der Waals surface area contributed by atoms with Gasteiger partial charge in [0.15, 0.2) is 5.78 Å². The molecular weight excluding hydrogens is 258 g/mol. The average molecular weight is 279 g/mol. The van der Waals surface area contributed by atoms with Gasteiger partial charge in [-0.3, -0.25) is 4.79 Å². The molecule has 2 rings (SSSR count). The summed E-state index contributed by atoms with van der Waals surface area (Å²) in [5.41, 5.74) is 2.36. The Morgan fingerprint density at radius 1 is 1.00 bits per heavy atom. The van der Waals surface area contributed by atoms with Crippen LogP contribution in [0.3, 0.4) is 0 Å². The van der Waals surface area contributed by atoms with E-state index >= 15 is 0 Å². The van der Waals surface area contributed by atoms with Gasteiger partial charge in [-0.2, -0.15) is 0 Å². The Kier molecular flexibility index (Phi) is 5.44. The summed E-state index contributed by atoms with van der Waals surface area (Å²) in [6.07, 6.45) is 2.21. The number of Topliss-reactive ketones (excluding diaryl/α,β-unsaturated/α-hetero) is 1. The van der Waals surface area contributed by atoms with E-state index < -0.39 is 0 Å². The van der Waals surface area contributed by atoms with Crippen LogP contribution in [0.1, 0.15) is 48.0 Å². The van der Waals surface area contributed by atoms with Crippen molar-refractivity contribution in [3.63, 3.8) is 0 Å². The van der Waals surface area contributed by atoms with Crippen LogP contribution in [0.4, 0.5) is 0 Å². The van der Waals surface area contributed by atoms with Crippen LogP contribution in [0.5, 0.6) is 0 Å². The number of carbonyl (C=O) groups is 1. The van der Waals surface area contributed by atoms with E-state index in [0.29, 0.717) is 12.1 Å². The van der Waals surface area contributed by atoms with E-state index in [4.69, 9.17) is 5.41 Å². The minimum absolute atomic E-state index is 0.0997. The van der Waals surface area contributed by atoms with Crippen molar-refractivity contribution < 1.29 is 4.79 Å². The Morgan fingerprint density at radius 3 is 2.14 bits per heavy atom. The molecule has 0 saturated carbocycles. The summed E-state index contributed by atoms with van der Waals surface area (Å²) < 4.78 is 0. The number of benzene rings is 2. The van der Waals surface area contributed by atoms with Crippen LogP contribution in [0.15, 0.2) is 60.7 Å². The molecule has 2 aromatic rings. The molecule has 2 nitrogen and oxygen atoms in total. The quantitative estimate of drug-likeness (QED) is 0.570. The third kappa shape index (κ3) is 4.12. The van der Waals surface area contributed by atoms with Crippen molar-refractivity contribution in [1.82, 2.24) is 0 Å². The summed E-state index contributed by atoms with van der Waals surface area (Å²) in [5, 5.41) is 8.07. The lowest BCUT2D eigenvalue weighted by atomic mass is 9.86. The fraction of sp³-hybridized carbons (Fsp3) is 0.263. The summed E-state index contributed by atoms with van der Waals surface area (Å²) in [7, 11) is 0. The molecule has 0 fully saturated rings. The molecule has 1 atom stereocenters. The highest BCUT2D eigenvalue weighted by atomic mass is 16.1. The van der Waals surface area contributed by atoms with E-state index in [9.17, 15) is 4.79 Å². The van der Waals surface area contributed by atoms with Crippen LogP contribution < -0.4 is 0 Å². The zero-order valence-corrected chi connectivity index (χ0v) is 12.4. The smallest absolute Gasteiger partial charge is 0.170 e. The monoisotopic (exact) mass is 279 g/mol. The van der Waals surface area contributed by atoms with Gasteiger partial charge in [0.05, 0.1) is 5.92 Å². The number of rotatable bonds is 7. The number of carbonyl (C=O) groups excluding carboxylic acids is 1. The maximum atomic E-state index is 12.8. The number of hydrogen-bond acceptors (Lipinski definition) is 2. The zero-order chi connectivity index (χ0) is 15.1. The predicted molar refractivity (Wildman–Crippen MR) is 87.2 cm³/mol. The largest absolute Gasteiger partial charge is 0.310 e. The molecule has 0 aromatic heterocycles. The van der Waals surface area contributed by atoms with E-state index in [1.807, 2.05) is 60.7 Å². The summed E-state index contributed by atoms with van der Waals surface area (Å²) in [5.74, 6) is -0.157. The molecule has 0 heterocycles. The van der Waals surface area contributed by atoms with E-state index in [2.05, 4.69) is 6.92 Å². The maximum Gasteiger partial charge on any atom is 0.170 e. The summed E-state index contributed by atoms with van der Waals surface area (Å²) >= 11 is 0. The molecule has 1 N–H and O–H groups in total. The minimum Gasteiger partial charge on any atom is -0.310 e. The van der Waals surface area contributed by atoms with Crippen LogP contribution >= 0.6 is 0 Å². The van der Waals surface area contributed by atoms with Crippen LogP contribution in [0.25, 0.3) is 0 Å². The van der Waals surface area contributed by atoms with Crippen LogP contribution in [-0.2, 0) is 0 Å². The lowest BCUT2D eigenvalue weighted by molar-refractivity contribution is 0.0961. The molecule has 2 heteroatoms. The highest BCUT2D eigenvalue weighted by Crippen LogP contribution is 2.25. The van der Waals surface area contributed by atoms with Crippen LogP contribution in [-0.4, -0.2) is 11.5 Å². The fourth-order valence-corrected chi connectivity index (χ4v) is 2.50. The first-order chi connectivity index (χ1) is 10.2. The highest BCUT2D eigenvalue weighted by Gasteiger charge is 2.23. The third-order valence-electron chi connectivity index (χ3n) is 3.58. The van der Waals surface area contributed by atoms with Gasteiger partial charge in [0.25, 0.3) is 0 Å². The lowest BCUT2D eigenvalue weighted by Gasteiger charge is -2.17. The first kappa shape index (κ1) is 15.2. The second kappa shape index (κ2) is 7.53. The SMILES string of the molecule is CCCC(=N)CC(C(=O)c1ccccc1)c1ccccc1. The van der Waals surface area contributed by atoms with Crippen molar-refractivity contribution in [1.29, 1.82) is 5.41 Å². The molecule has 0 radical (unpaired) electrons. The first-order valence-corrected chi connectivity index (χ1v) is 7.43. The highest BCUT2D eigenvalue weighted by molar-refractivity contribution is 6.03. The molecule has 0 aliphatic carbocycles. The predicted octanol–water partition coefficient (Wildman–Crippen LogP) is 4.86. The summed E-state index contributed by atoms with van der Waals surface area (Å²) in [6, 6.07) is 19.2. The van der Waals surface area contributed by atoms with E-state index in [-0.39, 0.29) is 11.7 Å². The van der Waals surface area contributed by atoms with Gasteiger partial charge < -0.3 is 5.41 Å². The van der Waals surface area contributed by atoms with Gasteiger partial charge in [-0.05, 0) is 18.4 Å². The number of ketones is 1. The third-order valence-corrected chi connectivity index (χ3v) is 3.58. The molecule has 0 saturated heterocycles. The van der Waals surface area contributed by atoms with Gasteiger partial charge in [0.1, 0.15) is 0 Å². The van der Waals surface area contributed by atoms with Crippen molar-refractivity contribution in [2.75, 3.05) is 0 Å². The maximum absolute atomic E-state index is 12.8. The molecule has 2 aromatic carbocycles. The van der Waals surface area contributed by atoms with Crippen molar-refractivity contribution in [3.05, 3.63) is 71.8 Å². The Labute approximate surface area is 126 Å². The molecule has 1 unspecified atom stereocenters. The summed E-state index contributed by atoms with van der Waals surface area (Å²) in [4.78, 5) is 12.8. The molecular formula is C19H21NO. The fourth-order valence-electron chi connectivity index (χ4n) is 2.50. The molecule has 21 heavy (non-hydrogen) atoms. The van der Waals surface area contributed by atoms with E-state index in [1.165, 1.54) is 0 Å². The van der Waals surface area contributed by atoms with Gasteiger partial charge in [-0.25, -0.2) is 0 Å². The molecule has 0 amide bonds. The molecule has 108 valence electrons. The average Bonchev–Trinajstić information content (AvgIpc) is 2.54. The number of nitrogens with one attached hydrogen (secondary N) is 1. The molecule has 0 bridgehead atoms. The van der Waals surface area contributed by atoms with Gasteiger partial charge in [0, 0.05) is 11.3 Å². The normalized spacial score (nSPS) is 11.9. The Bertz CT molecular complexity index is 589. The van der Waals surface area contributed by atoms with E-state index in [0.717, 1.165) is 24.0 Å². The van der Waals surface area contributed by atoms with Crippen molar-refractivity contribution in [3.8, 4) is 0 Å². The van der Waals surface area contributed by atoms with Crippen LogP contribution in [0.2, 0.25) is 0 Å². The lowest BCUT2D eigenvalue weighted by Crippen LogP contribution is -2.16. The molecule has 0 aliphatic rings. The van der Waals surface area contributed by atoms with Gasteiger partial charge >= 0.3 is 0 Å². The first-order valence-electron chi connectivity index (χ1n) is 7.43. The van der Waals surface area contributed by atoms with Crippen molar-refractivity contribution in [2.45, 2.75) is 32.1 Å². The second-order valence-corrected chi connectivity index (χ2v) is 5.25. The van der Waals surface area contributed by atoms with Crippen LogP contribution in [0, 0.1) is 5.41 Å². The standard InChI is InChI=1S/C19H21NO/c1-2-9-17(20)14-18(15-10-5-3-6-11-15)19(21)16-12-7-4-8-13-16/h3-8,10-13,18,20H,2,9,14H2,1H3. The van der Waals surface area contributed by atoms with Gasteiger partial charge in [0.2, 0.25) is 0 Å². The minimum atomic E-state index is -0.257. The van der Waals surface area contributed by atoms with Crippen molar-refractivity contribution >= 4 is 11.5 Å². The topological polar surface area (TPSA) is 40.9 Å². The van der Waals surface area contributed by atoms with Gasteiger partial charge in [-0.15, -0.1) is 0 Å². The molecule has 0 aliphatic heterocycles.